The summed E-state index contributed by atoms with van der Waals surface area (Å²) in [5.74, 6) is -7.45. The number of sulfonamides is 1. The molecule has 17 heteroatoms. The Morgan fingerprint density at radius 3 is 2.25 bits per heavy atom. The fourth-order valence-corrected chi connectivity index (χ4v) is 7.34. The average Bonchev–Trinajstić information content (AvgIpc) is 3.64. The van der Waals surface area contributed by atoms with Crippen molar-refractivity contribution in [1.29, 1.82) is 0 Å². The minimum absolute atomic E-state index is 0.0595. The van der Waals surface area contributed by atoms with Gasteiger partial charge < -0.3 is 15.7 Å². The Morgan fingerprint density at radius 1 is 0.981 bits per heavy atom. The van der Waals surface area contributed by atoms with Gasteiger partial charge in [0, 0.05) is 24.2 Å². The maximum atomic E-state index is 15.1. The number of carbonyl (C=O) groups excluding carboxylic acids is 4. The number of urea groups is 1. The van der Waals surface area contributed by atoms with Gasteiger partial charge in [-0.3, -0.25) is 19.3 Å². The van der Waals surface area contributed by atoms with Crippen LogP contribution in [0.5, 0.6) is 0 Å². The first kappa shape index (κ1) is 36.7. The van der Waals surface area contributed by atoms with Gasteiger partial charge in [0.1, 0.15) is 40.6 Å². The van der Waals surface area contributed by atoms with Crippen molar-refractivity contribution in [2.75, 3.05) is 16.7 Å². The second-order valence-corrected chi connectivity index (χ2v) is 14.4. The van der Waals surface area contributed by atoms with Crippen LogP contribution in [-0.4, -0.2) is 78.9 Å². The molecule has 1 fully saturated rings. The lowest BCUT2D eigenvalue weighted by Crippen LogP contribution is -2.54. The summed E-state index contributed by atoms with van der Waals surface area (Å²) in [6, 6.07) is 9.62. The lowest BCUT2D eigenvalue weighted by Gasteiger charge is -2.24. The number of amides is 5. The third-order valence-corrected chi connectivity index (χ3v) is 10.5. The SMILES string of the molecule is C[N+]1=C2C=NC=CC2C(=O)N(c2ccc(C[C@H](NC(=O)c3c(F)cc(NS(=O)(=O)c4ccc(C(=O)NC5CCCC5)cc4)cc3F)C(=O)O)cc2)C1=O. The largest absolute Gasteiger partial charge is 0.506 e. The zero-order valence-corrected chi connectivity index (χ0v) is 28.9. The lowest BCUT2D eigenvalue weighted by atomic mass is 9.97. The van der Waals surface area contributed by atoms with E-state index in [9.17, 15) is 37.5 Å². The number of aliphatic carboxylic acids is 1. The van der Waals surface area contributed by atoms with Crippen LogP contribution in [0.25, 0.3) is 0 Å². The maximum Gasteiger partial charge on any atom is 0.506 e. The number of fused-ring (bicyclic) bond motifs is 1. The summed E-state index contributed by atoms with van der Waals surface area (Å²) in [6.07, 6.45) is 7.86. The molecular formula is C36H33F2N6O8S+. The van der Waals surface area contributed by atoms with Gasteiger partial charge in [-0.15, -0.1) is 4.90 Å². The number of halogens is 2. The van der Waals surface area contributed by atoms with Gasteiger partial charge in [-0.05, 0) is 73.0 Å². The van der Waals surface area contributed by atoms with Gasteiger partial charge >= 0.3 is 17.9 Å². The summed E-state index contributed by atoms with van der Waals surface area (Å²) in [6.45, 7) is 0. The predicted molar refractivity (Wildman–Crippen MR) is 188 cm³/mol. The van der Waals surface area contributed by atoms with Crippen molar-refractivity contribution in [2.24, 2.45) is 10.9 Å². The Balaban J connectivity index is 1.11. The first-order valence-corrected chi connectivity index (χ1v) is 18.0. The van der Waals surface area contributed by atoms with E-state index >= 15 is 8.78 Å². The molecule has 0 bridgehead atoms. The zero-order chi connectivity index (χ0) is 38.0. The Kier molecular flexibility index (Phi) is 10.3. The molecule has 3 aliphatic rings. The highest BCUT2D eigenvalue weighted by atomic mass is 32.2. The third kappa shape index (κ3) is 7.74. The van der Waals surface area contributed by atoms with Crippen molar-refractivity contribution in [3.05, 3.63) is 101 Å². The Bertz CT molecular complexity index is 2190. The number of carboxylic acid groups (broad SMARTS) is 1. The standard InChI is InChI=1S/C36H32F2N6O8S/c1-43-30-19-39-15-14-26(30)34(47)44(36(43)50)24-10-6-20(7-11-24)16-29(35(48)49)41-33(46)31-27(37)17-23(18-28(31)38)42-53(51,52)25-12-8-21(9-13-25)32(45)40-22-4-2-3-5-22/h6-15,17-19,22,26,29H,2-5,16H2,1H3,(H3-,40,41,42,45,46,48,49)/p+1/t26?,29-/m0/s1. The van der Waals surface area contributed by atoms with Gasteiger partial charge in [0.2, 0.25) is 0 Å². The van der Waals surface area contributed by atoms with Crippen LogP contribution in [0.15, 0.2) is 82.8 Å². The second kappa shape index (κ2) is 14.9. The van der Waals surface area contributed by atoms with Crippen LogP contribution < -0.4 is 20.3 Å². The van der Waals surface area contributed by atoms with Crippen molar-refractivity contribution >= 4 is 63.0 Å². The van der Waals surface area contributed by atoms with E-state index in [1.807, 2.05) is 4.72 Å². The molecule has 0 aromatic heterocycles. The average molecular weight is 748 g/mol. The highest BCUT2D eigenvalue weighted by Crippen LogP contribution is 2.26. The van der Waals surface area contributed by atoms with E-state index in [-0.39, 0.29) is 34.5 Å². The fraction of sp³-hybridized carbons (Fsp3) is 0.250. The highest BCUT2D eigenvalue weighted by Gasteiger charge is 2.47. The number of carbonyl (C=O) groups is 5. The fourth-order valence-electron chi connectivity index (χ4n) is 6.30. The van der Waals surface area contributed by atoms with E-state index in [0.29, 0.717) is 23.4 Å². The minimum Gasteiger partial charge on any atom is -0.480 e. The molecule has 5 amide bonds. The number of nitrogens with zero attached hydrogens (tertiary/aromatic N) is 3. The summed E-state index contributed by atoms with van der Waals surface area (Å²) in [5, 5.41) is 14.8. The van der Waals surface area contributed by atoms with Crippen LogP contribution >= 0.6 is 0 Å². The van der Waals surface area contributed by atoms with Crippen molar-refractivity contribution in [2.45, 2.75) is 49.1 Å². The van der Waals surface area contributed by atoms with Crippen molar-refractivity contribution in [3.63, 3.8) is 0 Å². The number of aliphatic imine (C=N–C) groups is 1. The van der Waals surface area contributed by atoms with Gasteiger partial charge in [-0.25, -0.2) is 26.8 Å². The summed E-state index contributed by atoms with van der Waals surface area (Å²) < 4.78 is 59.5. The zero-order valence-electron chi connectivity index (χ0n) is 28.1. The molecule has 1 saturated carbocycles. The molecule has 274 valence electrons. The summed E-state index contributed by atoms with van der Waals surface area (Å²) in [7, 11) is -2.88. The van der Waals surface area contributed by atoms with Gasteiger partial charge in [0.25, 0.3) is 21.8 Å². The number of carboxylic acids is 1. The van der Waals surface area contributed by atoms with Gasteiger partial charge in [-0.2, -0.15) is 9.37 Å². The van der Waals surface area contributed by atoms with Gasteiger partial charge in [0.15, 0.2) is 0 Å². The van der Waals surface area contributed by atoms with Crippen LogP contribution in [0, 0.1) is 17.6 Å². The normalized spacial score (nSPS) is 17.8. The summed E-state index contributed by atoms with van der Waals surface area (Å²) in [5.41, 5.74) is -0.479. The summed E-state index contributed by atoms with van der Waals surface area (Å²) in [4.78, 5) is 68.3. The van der Waals surface area contributed by atoms with E-state index in [1.54, 1.807) is 6.08 Å². The molecule has 53 heavy (non-hydrogen) atoms. The van der Waals surface area contributed by atoms with E-state index in [4.69, 9.17) is 0 Å². The predicted octanol–water partition coefficient (Wildman–Crippen LogP) is 3.63. The first-order chi connectivity index (χ1) is 25.2. The smallest absolute Gasteiger partial charge is 0.480 e. The number of anilines is 2. The molecule has 6 rings (SSSR count). The van der Waals surface area contributed by atoms with Crippen LogP contribution in [0.2, 0.25) is 0 Å². The Hall–Kier alpha value is -6.10. The molecule has 2 heterocycles. The van der Waals surface area contributed by atoms with Crippen LogP contribution in [0.3, 0.4) is 0 Å². The number of imide groups is 1. The first-order valence-electron chi connectivity index (χ1n) is 16.5. The van der Waals surface area contributed by atoms with Crippen LogP contribution in [0.4, 0.5) is 25.0 Å². The van der Waals surface area contributed by atoms with E-state index in [1.165, 1.54) is 72.6 Å². The molecule has 2 aliphatic heterocycles. The molecule has 4 N–H and O–H groups in total. The minimum atomic E-state index is -4.38. The van der Waals surface area contributed by atoms with Crippen molar-refractivity contribution < 1.29 is 50.9 Å². The number of nitrogens with one attached hydrogen (secondary N) is 3. The van der Waals surface area contributed by atoms with E-state index < -0.39 is 68.7 Å². The van der Waals surface area contributed by atoms with Crippen LogP contribution in [-0.2, 0) is 26.0 Å². The number of rotatable bonds is 11. The Morgan fingerprint density at radius 2 is 1.62 bits per heavy atom. The molecule has 1 unspecified atom stereocenters. The second-order valence-electron chi connectivity index (χ2n) is 12.7. The number of hydrogen-bond acceptors (Lipinski definition) is 8. The molecule has 0 spiro atoms. The molecular weight excluding hydrogens is 714 g/mol. The number of benzene rings is 3. The topological polar surface area (TPSA) is 194 Å². The molecule has 3 aromatic rings. The van der Waals surface area contributed by atoms with E-state index in [0.717, 1.165) is 30.6 Å². The molecule has 1 aliphatic carbocycles. The molecule has 0 radical (unpaired) electrons. The maximum absolute atomic E-state index is 15.1. The number of hydrogen-bond donors (Lipinski definition) is 4. The van der Waals surface area contributed by atoms with Crippen molar-refractivity contribution in [1.82, 2.24) is 10.6 Å². The molecule has 2 atom stereocenters. The third-order valence-electron chi connectivity index (χ3n) is 9.12. The van der Waals surface area contributed by atoms with Crippen molar-refractivity contribution in [3.8, 4) is 0 Å². The molecule has 0 saturated heterocycles. The van der Waals surface area contributed by atoms with Gasteiger partial charge in [-0.1, -0.05) is 25.0 Å². The summed E-state index contributed by atoms with van der Waals surface area (Å²) >= 11 is 0. The Labute approximate surface area is 302 Å². The highest BCUT2D eigenvalue weighted by molar-refractivity contribution is 7.92. The molecule has 14 nitrogen and oxygen atoms in total. The monoisotopic (exact) mass is 747 g/mol. The quantitative estimate of drug-likeness (QED) is 0.214. The molecule has 3 aromatic carbocycles. The van der Waals surface area contributed by atoms with Gasteiger partial charge in [0.05, 0.1) is 23.8 Å². The van der Waals surface area contributed by atoms with Crippen LogP contribution in [0.1, 0.15) is 52.0 Å². The lowest BCUT2D eigenvalue weighted by molar-refractivity contribution is -0.392. The van der Waals surface area contributed by atoms with E-state index in [2.05, 4.69) is 15.6 Å².